The van der Waals surface area contributed by atoms with Crippen LogP contribution in [-0.2, 0) is 9.59 Å². The van der Waals surface area contributed by atoms with E-state index in [2.05, 4.69) is 0 Å². The molecule has 1 amide bonds. The van der Waals surface area contributed by atoms with Crippen molar-refractivity contribution in [2.45, 2.75) is 6.04 Å². The van der Waals surface area contributed by atoms with Crippen LogP contribution in [0.2, 0.25) is 0 Å². The summed E-state index contributed by atoms with van der Waals surface area (Å²) in [4.78, 5) is 31.5. The molecule has 0 bridgehead atoms. The SMILES string of the molecule is COc1ccccc1/C(O)=C1/C(=O)C(=O)N(CCN(C)C)C1c1ccc(N(C)C)cc1. The van der Waals surface area contributed by atoms with Gasteiger partial charge in [0, 0.05) is 32.9 Å². The molecule has 1 fully saturated rings. The van der Waals surface area contributed by atoms with Gasteiger partial charge in [0.15, 0.2) is 0 Å². The summed E-state index contributed by atoms with van der Waals surface area (Å²) >= 11 is 0. The Morgan fingerprint density at radius 1 is 1.03 bits per heavy atom. The van der Waals surface area contributed by atoms with E-state index >= 15 is 0 Å². The van der Waals surface area contributed by atoms with E-state index in [-0.39, 0.29) is 11.3 Å². The number of ketones is 1. The van der Waals surface area contributed by atoms with E-state index in [4.69, 9.17) is 4.74 Å². The Hall–Kier alpha value is -3.32. The molecule has 7 nitrogen and oxygen atoms in total. The van der Waals surface area contributed by atoms with Gasteiger partial charge >= 0.3 is 0 Å². The van der Waals surface area contributed by atoms with Crippen molar-refractivity contribution >= 4 is 23.1 Å². The third-order valence-corrected chi connectivity index (χ3v) is 5.42. The first-order valence-electron chi connectivity index (χ1n) is 10.1. The van der Waals surface area contributed by atoms with Gasteiger partial charge in [-0.2, -0.15) is 0 Å². The lowest BCUT2D eigenvalue weighted by molar-refractivity contribution is -0.140. The highest BCUT2D eigenvalue weighted by atomic mass is 16.5. The lowest BCUT2D eigenvalue weighted by atomic mass is 9.94. The fourth-order valence-electron chi connectivity index (χ4n) is 3.71. The number of Topliss-reactive ketones (excluding diaryl/α,β-unsaturated/α-hetero) is 1. The molecule has 1 N–H and O–H groups in total. The van der Waals surface area contributed by atoms with Crippen LogP contribution in [0, 0.1) is 0 Å². The van der Waals surface area contributed by atoms with Crippen LogP contribution in [0.1, 0.15) is 17.2 Å². The molecule has 7 heteroatoms. The van der Waals surface area contributed by atoms with Gasteiger partial charge in [-0.3, -0.25) is 9.59 Å². The van der Waals surface area contributed by atoms with Crippen LogP contribution < -0.4 is 9.64 Å². The second-order valence-corrected chi connectivity index (χ2v) is 7.98. The number of anilines is 1. The molecule has 31 heavy (non-hydrogen) atoms. The fourth-order valence-corrected chi connectivity index (χ4v) is 3.71. The van der Waals surface area contributed by atoms with Gasteiger partial charge in [-0.25, -0.2) is 0 Å². The predicted octanol–water partition coefficient (Wildman–Crippen LogP) is 2.74. The largest absolute Gasteiger partial charge is 0.507 e. The van der Waals surface area contributed by atoms with Gasteiger partial charge in [-0.15, -0.1) is 0 Å². The van der Waals surface area contributed by atoms with E-state index in [1.165, 1.54) is 12.0 Å². The van der Waals surface area contributed by atoms with Crippen LogP contribution in [0.3, 0.4) is 0 Å². The van der Waals surface area contributed by atoms with Crippen molar-refractivity contribution in [2.75, 3.05) is 53.3 Å². The molecule has 1 atom stereocenters. The number of ether oxygens (including phenoxy) is 1. The number of hydrogen-bond donors (Lipinski definition) is 1. The molecule has 3 rings (SSSR count). The van der Waals surface area contributed by atoms with Crippen LogP contribution in [-0.4, -0.2) is 75.0 Å². The molecule has 1 unspecified atom stereocenters. The smallest absolute Gasteiger partial charge is 0.295 e. The van der Waals surface area contributed by atoms with Crippen LogP contribution >= 0.6 is 0 Å². The Morgan fingerprint density at radius 2 is 1.68 bits per heavy atom. The molecule has 0 aromatic heterocycles. The first-order chi connectivity index (χ1) is 14.8. The molecule has 0 radical (unpaired) electrons. The number of rotatable bonds is 7. The highest BCUT2D eigenvalue weighted by Crippen LogP contribution is 2.41. The number of aliphatic hydroxyl groups excluding tert-OH is 1. The monoisotopic (exact) mass is 423 g/mol. The van der Waals surface area contributed by atoms with E-state index in [1.807, 2.05) is 62.3 Å². The normalized spacial score (nSPS) is 18.0. The van der Waals surface area contributed by atoms with E-state index in [0.29, 0.717) is 24.4 Å². The van der Waals surface area contributed by atoms with Crippen molar-refractivity contribution in [1.29, 1.82) is 0 Å². The zero-order valence-corrected chi connectivity index (χ0v) is 18.6. The number of likely N-dealkylation sites (tertiary alicyclic amines) is 1. The van der Waals surface area contributed by atoms with Crippen molar-refractivity contribution in [3.8, 4) is 5.75 Å². The zero-order chi connectivity index (χ0) is 22.7. The van der Waals surface area contributed by atoms with Gasteiger partial charge in [0.05, 0.1) is 24.3 Å². The molecule has 1 saturated heterocycles. The second-order valence-electron chi connectivity index (χ2n) is 7.98. The first-order valence-corrected chi connectivity index (χ1v) is 10.1. The summed E-state index contributed by atoms with van der Waals surface area (Å²) in [6.07, 6.45) is 0. The minimum absolute atomic E-state index is 0.0749. The maximum Gasteiger partial charge on any atom is 0.295 e. The van der Waals surface area contributed by atoms with E-state index in [1.54, 1.807) is 24.3 Å². The maximum atomic E-state index is 13.1. The minimum atomic E-state index is -0.691. The summed E-state index contributed by atoms with van der Waals surface area (Å²) in [6.45, 7) is 0.953. The van der Waals surface area contributed by atoms with Crippen LogP contribution in [0.4, 0.5) is 5.69 Å². The van der Waals surface area contributed by atoms with Gasteiger partial charge in [-0.1, -0.05) is 24.3 Å². The Labute approximate surface area is 183 Å². The summed E-state index contributed by atoms with van der Waals surface area (Å²) < 4.78 is 5.36. The van der Waals surface area contributed by atoms with Gasteiger partial charge in [-0.05, 0) is 43.9 Å². The Morgan fingerprint density at radius 3 is 2.26 bits per heavy atom. The maximum absolute atomic E-state index is 13.1. The molecule has 0 saturated carbocycles. The standard InChI is InChI=1S/C24H29N3O4/c1-25(2)14-15-27-21(16-10-12-17(13-11-16)26(3)4)20(23(29)24(27)30)22(28)18-8-6-7-9-19(18)31-5/h6-13,21,28H,14-15H2,1-5H3/b22-20-. The summed E-state index contributed by atoms with van der Waals surface area (Å²) in [5.74, 6) is -1.10. The number of para-hydroxylation sites is 1. The van der Waals surface area contributed by atoms with Crippen molar-refractivity contribution < 1.29 is 19.4 Å². The summed E-state index contributed by atoms with van der Waals surface area (Å²) in [6, 6.07) is 13.9. The number of methoxy groups -OCH3 is 1. The van der Waals surface area contributed by atoms with Gasteiger partial charge in [0.2, 0.25) is 0 Å². The zero-order valence-electron chi connectivity index (χ0n) is 18.6. The number of carbonyl (C=O) groups excluding carboxylic acids is 2. The number of aliphatic hydroxyl groups is 1. The van der Waals surface area contributed by atoms with E-state index in [0.717, 1.165) is 11.3 Å². The molecule has 0 spiro atoms. The summed E-state index contributed by atoms with van der Waals surface area (Å²) in [7, 11) is 9.21. The number of hydrogen-bond acceptors (Lipinski definition) is 6. The average Bonchev–Trinajstić information content (AvgIpc) is 3.01. The van der Waals surface area contributed by atoms with Gasteiger partial charge < -0.3 is 24.5 Å². The van der Waals surface area contributed by atoms with Gasteiger partial charge in [0.1, 0.15) is 11.5 Å². The number of likely N-dealkylation sites (N-methyl/N-ethyl adjacent to an activating group) is 1. The van der Waals surface area contributed by atoms with Crippen molar-refractivity contribution in [3.05, 3.63) is 65.2 Å². The average molecular weight is 424 g/mol. The van der Waals surface area contributed by atoms with Crippen LogP contribution in [0.15, 0.2) is 54.1 Å². The molecule has 2 aromatic rings. The lowest BCUT2D eigenvalue weighted by Gasteiger charge is -2.27. The molecule has 1 heterocycles. The number of amides is 1. The number of nitrogens with zero attached hydrogens (tertiary/aromatic N) is 3. The quantitative estimate of drug-likeness (QED) is 0.419. The van der Waals surface area contributed by atoms with Crippen LogP contribution in [0.5, 0.6) is 5.75 Å². The Kier molecular flexibility index (Phi) is 6.65. The fraction of sp³-hybridized carbons (Fsp3) is 0.333. The minimum Gasteiger partial charge on any atom is -0.507 e. The highest BCUT2D eigenvalue weighted by Gasteiger charge is 2.46. The van der Waals surface area contributed by atoms with E-state index in [9.17, 15) is 14.7 Å². The second kappa shape index (κ2) is 9.22. The Bertz CT molecular complexity index is 996. The molecule has 2 aromatic carbocycles. The molecule has 1 aliphatic rings. The molecular formula is C24H29N3O4. The first kappa shape index (κ1) is 22.4. The van der Waals surface area contributed by atoms with Crippen molar-refractivity contribution in [1.82, 2.24) is 9.80 Å². The molecule has 0 aliphatic carbocycles. The van der Waals surface area contributed by atoms with Crippen LogP contribution in [0.25, 0.3) is 5.76 Å². The predicted molar refractivity (Wildman–Crippen MR) is 121 cm³/mol. The highest BCUT2D eigenvalue weighted by molar-refractivity contribution is 6.46. The van der Waals surface area contributed by atoms with E-state index < -0.39 is 17.7 Å². The topological polar surface area (TPSA) is 73.3 Å². The third kappa shape index (κ3) is 4.41. The molecular weight excluding hydrogens is 394 g/mol. The van der Waals surface area contributed by atoms with Crippen molar-refractivity contribution in [3.63, 3.8) is 0 Å². The number of benzene rings is 2. The lowest BCUT2D eigenvalue weighted by Crippen LogP contribution is -2.35. The molecule has 164 valence electrons. The van der Waals surface area contributed by atoms with Gasteiger partial charge in [0.25, 0.3) is 11.7 Å². The Balaban J connectivity index is 2.16. The number of carbonyl (C=O) groups is 2. The summed E-state index contributed by atoms with van der Waals surface area (Å²) in [5, 5.41) is 11.2. The van der Waals surface area contributed by atoms with Crippen molar-refractivity contribution in [2.24, 2.45) is 0 Å². The summed E-state index contributed by atoms with van der Waals surface area (Å²) in [5.41, 5.74) is 2.22. The third-order valence-electron chi connectivity index (χ3n) is 5.42. The molecule has 1 aliphatic heterocycles.